The number of likely N-dealkylation sites (tertiary alicyclic amines) is 1. The number of carbonyl (C=O) groups is 1. The Kier molecular flexibility index (Phi) is 5.60. The molecule has 2 aromatic rings. The zero-order valence-corrected chi connectivity index (χ0v) is 14.7. The number of furan rings is 1. The third-order valence-electron chi connectivity index (χ3n) is 4.43. The number of hydrogen-bond donors (Lipinski definition) is 1. The molecular formula is C19H24N2O4. The van der Waals surface area contributed by atoms with E-state index in [1.165, 1.54) is 0 Å². The molecule has 1 fully saturated rings. The van der Waals surface area contributed by atoms with Crippen molar-refractivity contribution in [2.45, 2.75) is 25.5 Å². The standard InChI is InChI=1S/C19H24N2O4/c1-20-14-6-5-11-21(12-14)19(22)18-10-9-15(25-18)13-24-17-8-4-3-7-16(17)23-2/h3-4,7-10,14,20H,5-6,11-13H2,1-2H3. The molecule has 1 atom stereocenters. The second-order valence-electron chi connectivity index (χ2n) is 6.08. The number of benzene rings is 1. The maximum absolute atomic E-state index is 12.6. The van der Waals surface area contributed by atoms with Crippen LogP contribution < -0.4 is 14.8 Å². The Hall–Kier alpha value is -2.47. The van der Waals surface area contributed by atoms with Crippen molar-refractivity contribution in [3.63, 3.8) is 0 Å². The van der Waals surface area contributed by atoms with E-state index in [1.54, 1.807) is 19.2 Å². The Labute approximate surface area is 147 Å². The van der Waals surface area contributed by atoms with Crippen molar-refractivity contribution < 1.29 is 18.7 Å². The summed E-state index contributed by atoms with van der Waals surface area (Å²) in [5.74, 6) is 2.20. The highest BCUT2D eigenvalue weighted by Gasteiger charge is 2.25. The van der Waals surface area contributed by atoms with Crippen LogP contribution in [0, 0.1) is 0 Å². The van der Waals surface area contributed by atoms with Crippen molar-refractivity contribution in [1.82, 2.24) is 10.2 Å². The van der Waals surface area contributed by atoms with E-state index in [0.717, 1.165) is 19.4 Å². The molecule has 1 aliphatic rings. The fourth-order valence-electron chi connectivity index (χ4n) is 3.01. The molecule has 6 heteroatoms. The molecule has 25 heavy (non-hydrogen) atoms. The summed E-state index contributed by atoms with van der Waals surface area (Å²) in [6.45, 7) is 1.72. The first-order valence-corrected chi connectivity index (χ1v) is 8.52. The lowest BCUT2D eigenvalue weighted by molar-refractivity contribution is 0.0662. The molecule has 6 nitrogen and oxygen atoms in total. The molecule has 1 saturated heterocycles. The van der Waals surface area contributed by atoms with Crippen molar-refractivity contribution in [3.8, 4) is 11.5 Å². The van der Waals surface area contributed by atoms with Gasteiger partial charge in [-0.2, -0.15) is 0 Å². The molecule has 1 aromatic carbocycles. The van der Waals surface area contributed by atoms with Crippen LogP contribution in [-0.4, -0.2) is 44.1 Å². The van der Waals surface area contributed by atoms with Gasteiger partial charge in [0.2, 0.25) is 0 Å². The molecular weight excluding hydrogens is 320 g/mol. The molecule has 1 amide bonds. The van der Waals surface area contributed by atoms with E-state index >= 15 is 0 Å². The summed E-state index contributed by atoms with van der Waals surface area (Å²) in [5, 5.41) is 3.24. The van der Waals surface area contributed by atoms with Crippen molar-refractivity contribution in [2.75, 3.05) is 27.2 Å². The van der Waals surface area contributed by atoms with E-state index in [1.807, 2.05) is 36.2 Å². The van der Waals surface area contributed by atoms with E-state index in [4.69, 9.17) is 13.9 Å². The number of hydrogen-bond acceptors (Lipinski definition) is 5. The summed E-state index contributed by atoms with van der Waals surface area (Å²) in [5.41, 5.74) is 0. The minimum absolute atomic E-state index is 0.0662. The van der Waals surface area contributed by atoms with Gasteiger partial charge in [0, 0.05) is 19.1 Å². The summed E-state index contributed by atoms with van der Waals surface area (Å²) >= 11 is 0. The number of nitrogens with zero attached hydrogens (tertiary/aromatic N) is 1. The van der Waals surface area contributed by atoms with Crippen LogP contribution in [-0.2, 0) is 6.61 Å². The number of nitrogens with one attached hydrogen (secondary N) is 1. The number of rotatable bonds is 6. The average molecular weight is 344 g/mol. The fraction of sp³-hybridized carbons (Fsp3) is 0.421. The highest BCUT2D eigenvalue weighted by atomic mass is 16.5. The molecule has 0 radical (unpaired) electrons. The Balaban J connectivity index is 1.61. The maximum atomic E-state index is 12.6. The van der Waals surface area contributed by atoms with Gasteiger partial charge in [0.25, 0.3) is 5.91 Å². The van der Waals surface area contributed by atoms with E-state index in [2.05, 4.69) is 5.32 Å². The third kappa shape index (κ3) is 4.14. The monoisotopic (exact) mass is 344 g/mol. The van der Waals surface area contributed by atoms with Crippen molar-refractivity contribution >= 4 is 5.91 Å². The third-order valence-corrected chi connectivity index (χ3v) is 4.43. The molecule has 0 bridgehead atoms. The number of ether oxygens (including phenoxy) is 2. The first-order chi connectivity index (χ1) is 12.2. The molecule has 0 saturated carbocycles. The van der Waals surface area contributed by atoms with Crippen LogP contribution in [0.3, 0.4) is 0 Å². The normalized spacial score (nSPS) is 17.4. The van der Waals surface area contributed by atoms with Crippen LogP contribution in [0.15, 0.2) is 40.8 Å². The van der Waals surface area contributed by atoms with Crippen LogP contribution >= 0.6 is 0 Å². The van der Waals surface area contributed by atoms with Crippen LogP contribution in [0.4, 0.5) is 0 Å². The number of carbonyl (C=O) groups excluding carboxylic acids is 1. The Morgan fingerprint density at radius 2 is 2.08 bits per heavy atom. The lowest BCUT2D eigenvalue weighted by Crippen LogP contribution is -2.46. The van der Waals surface area contributed by atoms with Crippen molar-refractivity contribution in [3.05, 3.63) is 47.9 Å². The van der Waals surface area contributed by atoms with Gasteiger partial charge in [-0.15, -0.1) is 0 Å². The lowest BCUT2D eigenvalue weighted by atomic mass is 10.1. The summed E-state index contributed by atoms with van der Waals surface area (Å²) < 4.78 is 16.7. The first-order valence-electron chi connectivity index (χ1n) is 8.52. The number of amides is 1. The van der Waals surface area contributed by atoms with E-state index in [-0.39, 0.29) is 12.5 Å². The van der Waals surface area contributed by atoms with Crippen LogP contribution in [0.2, 0.25) is 0 Å². The smallest absolute Gasteiger partial charge is 0.289 e. The molecule has 0 aliphatic carbocycles. The SMILES string of the molecule is CNC1CCCN(C(=O)c2ccc(COc3ccccc3OC)o2)C1. The van der Waals surface area contributed by atoms with Crippen molar-refractivity contribution in [2.24, 2.45) is 0 Å². The Bertz CT molecular complexity index is 713. The Morgan fingerprint density at radius 3 is 2.84 bits per heavy atom. The molecule has 3 rings (SSSR count). The van der Waals surface area contributed by atoms with Gasteiger partial charge in [0.1, 0.15) is 12.4 Å². The van der Waals surface area contributed by atoms with Gasteiger partial charge in [0.15, 0.2) is 17.3 Å². The predicted octanol–water partition coefficient (Wildman–Crippen LogP) is 2.69. The van der Waals surface area contributed by atoms with Gasteiger partial charge in [-0.3, -0.25) is 4.79 Å². The maximum Gasteiger partial charge on any atom is 0.289 e. The number of piperidine rings is 1. The molecule has 1 N–H and O–H groups in total. The second kappa shape index (κ2) is 8.07. The summed E-state index contributed by atoms with van der Waals surface area (Å²) in [6, 6.07) is 11.3. The number of para-hydroxylation sites is 2. The van der Waals surface area contributed by atoms with E-state index in [0.29, 0.717) is 35.6 Å². The summed E-state index contributed by atoms with van der Waals surface area (Å²) in [7, 11) is 3.53. The largest absolute Gasteiger partial charge is 0.493 e. The predicted molar refractivity (Wildman–Crippen MR) is 94.0 cm³/mol. The van der Waals surface area contributed by atoms with Crippen LogP contribution in [0.1, 0.15) is 29.2 Å². The minimum atomic E-state index is -0.0662. The van der Waals surface area contributed by atoms with Gasteiger partial charge in [-0.1, -0.05) is 12.1 Å². The van der Waals surface area contributed by atoms with Crippen LogP contribution in [0.5, 0.6) is 11.5 Å². The zero-order chi connectivity index (χ0) is 17.6. The highest BCUT2D eigenvalue weighted by molar-refractivity contribution is 5.91. The lowest BCUT2D eigenvalue weighted by Gasteiger charge is -2.31. The molecule has 134 valence electrons. The first kappa shape index (κ1) is 17.4. The van der Waals surface area contributed by atoms with Crippen LogP contribution in [0.25, 0.3) is 0 Å². The fourth-order valence-corrected chi connectivity index (χ4v) is 3.01. The average Bonchev–Trinajstić information content (AvgIpc) is 3.15. The van der Waals surface area contributed by atoms with E-state index in [9.17, 15) is 4.79 Å². The number of methoxy groups -OCH3 is 1. The van der Waals surface area contributed by atoms with Crippen molar-refractivity contribution in [1.29, 1.82) is 0 Å². The zero-order valence-electron chi connectivity index (χ0n) is 14.7. The molecule has 1 aromatic heterocycles. The highest BCUT2D eigenvalue weighted by Crippen LogP contribution is 2.27. The Morgan fingerprint density at radius 1 is 1.28 bits per heavy atom. The summed E-state index contributed by atoms with van der Waals surface area (Å²) in [6.07, 6.45) is 2.10. The molecule has 1 aliphatic heterocycles. The second-order valence-corrected chi connectivity index (χ2v) is 6.08. The molecule has 1 unspecified atom stereocenters. The molecule has 0 spiro atoms. The van der Waals surface area contributed by atoms with Gasteiger partial charge < -0.3 is 24.1 Å². The molecule has 2 heterocycles. The number of likely N-dealkylation sites (N-methyl/N-ethyl adjacent to an activating group) is 1. The van der Waals surface area contributed by atoms with Gasteiger partial charge in [-0.25, -0.2) is 0 Å². The topological polar surface area (TPSA) is 63.9 Å². The van der Waals surface area contributed by atoms with Gasteiger partial charge >= 0.3 is 0 Å². The van der Waals surface area contributed by atoms with Gasteiger partial charge in [0.05, 0.1) is 7.11 Å². The quantitative estimate of drug-likeness (QED) is 0.873. The minimum Gasteiger partial charge on any atom is -0.493 e. The summed E-state index contributed by atoms with van der Waals surface area (Å²) in [4.78, 5) is 14.4. The van der Waals surface area contributed by atoms with Gasteiger partial charge in [-0.05, 0) is 44.2 Å². The van der Waals surface area contributed by atoms with E-state index < -0.39 is 0 Å².